The summed E-state index contributed by atoms with van der Waals surface area (Å²) >= 11 is 0. The molecule has 1 heterocycles. The summed E-state index contributed by atoms with van der Waals surface area (Å²) in [5.74, 6) is 0.491. The predicted octanol–water partition coefficient (Wildman–Crippen LogP) is 3.01. The van der Waals surface area contributed by atoms with E-state index in [0.717, 1.165) is 11.8 Å². The second-order valence-corrected chi connectivity index (χ2v) is 7.92. The molecule has 26 heavy (non-hydrogen) atoms. The van der Waals surface area contributed by atoms with Crippen LogP contribution in [0.15, 0.2) is 51.8 Å². The van der Waals surface area contributed by atoms with E-state index >= 15 is 0 Å². The molecule has 0 saturated heterocycles. The van der Waals surface area contributed by atoms with E-state index in [1.807, 2.05) is 0 Å². The Hall–Kier alpha value is -3.00. The lowest BCUT2D eigenvalue weighted by molar-refractivity contribution is 0.102. The van der Waals surface area contributed by atoms with Gasteiger partial charge in [-0.3, -0.25) is 4.79 Å². The maximum absolute atomic E-state index is 12.5. The number of benzene rings is 2. The van der Waals surface area contributed by atoms with Crippen LogP contribution >= 0.6 is 0 Å². The van der Waals surface area contributed by atoms with Crippen molar-refractivity contribution in [2.45, 2.75) is 18.7 Å². The van der Waals surface area contributed by atoms with E-state index in [1.165, 1.54) is 12.1 Å². The van der Waals surface area contributed by atoms with Crippen molar-refractivity contribution in [3.05, 3.63) is 59.5 Å². The Morgan fingerprint density at radius 1 is 1.04 bits per heavy atom. The number of carbonyl (C=O) groups excluding carboxylic acids is 1. The Kier molecular flexibility index (Phi) is 4.60. The van der Waals surface area contributed by atoms with E-state index in [4.69, 9.17) is 4.42 Å². The average molecular weight is 371 g/mol. The van der Waals surface area contributed by atoms with Gasteiger partial charge in [0, 0.05) is 30.0 Å². The van der Waals surface area contributed by atoms with Crippen molar-refractivity contribution in [3.8, 4) is 11.5 Å². The largest absolute Gasteiger partial charge is 0.421 e. The smallest absolute Gasteiger partial charge is 0.255 e. The molecule has 0 spiro atoms. The van der Waals surface area contributed by atoms with E-state index in [9.17, 15) is 13.2 Å². The monoisotopic (exact) mass is 371 g/mol. The summed E-state index contributed by atoms with van der Waals surface area (Å²) < 4.78 is 28.8. The molecule has 134 valence electrons. The fraction of sp³-hybridized carbons (Fsp3) is 0.167. The molecule has 0 atom stereocenters. The van der Waals surface area contributed by atoms with Gasteiger partial charge in [0.05, 0.1) is 4.90 Å². The van der Waals surface area contributed by atoms with Crippen LogP contribution in [0, 0.1) is 13.8 Å². The topological polar surface area (TPSA) is 102 Å². The van der Waals surface area contributed by atoms with Crippen molar-refractivity contribution in [1.82, 2.24) is 10.2 Å². The highest BCUT2D eigenvalue weighted by Gasteiger charge is 2.15. The molecule has 0 aliphatic heterocycles. The first-order valence-corrected chi connectivity index (χ1v) is 9.66. The van der Waals surface area contributed by atoms with Crippen LogP contribution < -0.4 is 5.32 Å². The van der Waals surface area contributed by atoms with E-state index in [0.29, 0.717) is 28.6 Å². The number of hydrogen-bond donors (Lipinski definition) is 1. The second kappa shape index (κ2) is 6.72. The molecule has 0 bridgehead atoms. The van der Waals surface area contributed by atoms with Crippen LogP contribution in [0.1, 0.15) is 21.8 Å². The Morgan fingerprint density at radius 2 is 1.73 bits per heavy atom. The molecule has 7 nitrogen and oxygen atoms in total. The van der Waals surface area contributed by atoms with Crippen LogP contribution in [0.5, 0.6) is 0 Å². The van der Waals surface area contributed by atoms with Crippen LogP contribution in [0.3, 0.4) is 0 Å². The van der Waals surface area contributed by atoms with E-state index in [2.05, 4.69) is 15.5 Å². The third-order valence-electron chi connectivity index (χ3n) is 3.80. The molecule has 0 unspecified atom stereocenters. The van der Waals surface area contributed by atoms with Gasteiger partial charge >= 0.3 is 0 Å². The maximum atomic E-state index is 12.5. The highest BCUT2D eigenvalue weighted by molar-refractivity contribution is 7.90. The fourth-order valence-corrected chi connectivity index (χ4v) is 3.03. The van der Waals surface area contributed by atoms with Gasteiger partial charge in [0.15, 0.2) is 9.84 Å². The van der Waals surface area contributed by atoms with Crippen molar-refractivity contribution in [3.63, 3.8) is 0 Å². The lowest BCUT2D eigenvalue weighted by atomic mass is 10.1. The average Bonchev–Trinajstić information content (AvgIpc) is 3.01. The third kappa shape index (κ3) is 3.80. The molecule has 0 saturated carbocycles. The minimum atomic E-state index is -3.39. The summed E-state index contributed by atoms with van der Waals surface area (Å²) in [4.78, 5) is 12.6. The normalized spacial score (nSPS) is 11.3. The molecule has 0 aliphatic carbocycles. The van der Waals surface area contributed by atoms with Gasteiger partial charge in [0.25, 0.3) is 5.91 Å². The number of aryl methyl sites for hydroxylation is 2. The molecule has 1 N–H and O–H groups in total. The van der Waals surface area contributed by atoms with E-state index in [-0.39, 0.29) is 10.8 Å². The molecule has 0 aliphatic rings. The van der Waals surface area contributed by atoms with Gasteiger partial charge in [0.2, 0.25) is 11.8 Å². The zero-order chi connectivity index (χ0) is 18.9. The van der Waals surface area contributed by atoms with Crippen molar-refractivity contribution in [2.75, 3.05) is 11.6 Å². The van der Waals surface area contributed by atoms with Crippen molar-refractivity contribution in [2.24, 2.45) is 0 Å². The van der Waals surface area contributed by atoms with Gasteiger partial charge in [-0.15, -0.1) is 10.2 Å². The fourth-order valence-electron chi connectivity index (χ4n) is 2.38. The summed E-state index contributed by atoms with van der Waals surface area (Å²) in [6, 6.07) is 11.4. The van der Waals surface area contributed by atoms with E-state index < -0.39 is 9.84 Å². The van der Waals surface area contributed by atoms with Crippen LogP contribution in [-0.2, 0) is 9.84 Å². The zero-order valence-electron chi connectivity index (χ0n) is 14.5. The first kappa shape index (κ1) is 17.8. The van der Waals surface area contributed by atoms with Gasteiger partial charge in [-0.1, -0.05) is 6.07 Å². The number of sulfone groups is 1. The van der Waals surface area contributed by atoms with Gasteiger partial charge in [-0.2, -0.15) is 0 Å². The molecule has 3 rings (SSSR count). The Morgan fingerprint density at radius 3 is 2.31 bits per heavy atom. The second-order valence-electron chi connectivity index (χ2n) is 5.91. The standard InChI is InChI=1S/C18H17N3O4S/c1-11-4-9-15(26(3,23)24)10-16(11)17(22)19-14-7-5-13(6-8-14)18-21-20-12(2)25-18/h4-10H,1-3H3,(H,19,22). The Labute approximate surface area is 151 Å². The highest BCUT2D eigenvalue weighted by Crippen LogP contribution is 2.21. The number of anilines is 1. The molecule has 2 aromatic carbocycles. The molecule has 1 amide bonds. The summed E-state index contributed by atoms with van der Waals surface area (Å²) in [6.07, 6.45) is 1.11. The van der Waals surface area contributed by atoms with Crippen molar-refractivity contribution in [1.29, 1.82) is 0 Å². The van der Waals surface area contributed by atoms with Crippen LogP contribution in [0.25, 0.3) is 11.5 Å². The molecular weight excluding hydrogens is 354 g/mol. The summed E-state index contributed by atoms with van der Waals surface area (Å²) in [5.41, 5.74) is 2.30. The minimum absolute atomic E-state index is 0.107. The van der Waals surface area contributed by atoms with Gasteiger partial charge in [-0.25, -0.2) is 8.42 Å². The minimum Gasteiger partial charge on any atom is -0.421 e. The predicted molar refractivity (Wildman–Crippen MR) is 96.7 cm³/mol. The molecule has 0 radical (unpaired) electrons. The summed E-state index contributed by atoms with van der Waals surface area (Å²) in [7, 11) is -3.39. The number of nitrogens with zero attached hydrogens (tertiary/aromatic N) is 2. The summed E-state index contributed by atoms with van der Waals surface area (Å²) in [6.45, 7) is 3.46. The molecular formula is C18H17N3O4S. The number of nitrogens with one attached hydrogen (secondary N) is 1. The van der Waals surface area contributed by atoms with Gasteiger partial charge in [0.1, 0.15) is 0 Å². The van der Waals surface area contributed by atoms with Crippen LogP contribution in [0.4, 0.5) is 5.69 Å². The maximum Gasteiger partial charge on any atom is 0.255 e. The molecule has 1 aromatic heterocycles. The van der Waals surface area contributed by atoms with Crippen LogP contribution in [-0.4, -0.2) is 30.8 Å². The number of rotatable bonds is 4. The van der Waals surface area contributed by atoms with Crippen molar-refractivity contribution >= 4 is 21.4 Å². The molecule has 0 fully saturated rings. The zero-order valence-corrected chi connectivity index (χ0v) is 15.3. The Bertz CT molecular complexity index is 1070. The quantitative estimate of drug-likeness (QED) is 0.756. The lowest BCUT2D eigenvalue weighted by Gasteiger charge is -2.09. The number of carbonyl (C=O) groups is 1. The number of aromatic nitrogens is 2. The van der Waals surface area contributed by atoms with Gasteiger partial charge < -0.3 is 9.73 Å². The van der Waals surface area contributed by atoms with E-state index in [1.54, 1.807) is 44.2 Å². The first-order chi connectivity index (χ1) is 12.2. The SMILES string of the molecule is Cc1nnc(-c2ccc(NC(=O)c3cc(S(C)(=O)=O)ccc3C)cc2)o1. The Balaban J connectivity index is 1.82. The van der Waals surface area contributed by atoms with Crippen molar-refractivity contribution < 1.29 is 17.6 Å². The highest BCUT2D eigenvalue weighted by atomic mass is 32.2. The van der Waals surface area contributed by atoms with Crippen LogP contribution in [0.2, 0.25) is 0 Å². The number of amides is 1. The molecule has 3 aromatic rings. The molecule has 8 heteroatoms. The number of hydrogen-bond acceptors (Lipinski definition) is 6. The lowest BCUT2D eigenvalue weighted by Crippen LogP contribution is -2.14. The first-order valence-electron chi connectivity index (χ1n) is 7.76. The third-order valence-corrected chi connectivity index (χ3v) is 4.91. The summed E-state index contributed by atoms with van der Waals surface area (Å²) in [5, 5.41) is 10.5. The van der Waals surface area contributed by atoms with Gasteiger partial charge in [-0.05, 0) is 48.9 Å².